The van der Waals surface area contributed by atoms with Crippen LogP contribution in [-0.4, -0.2) is 10.5 Å². The zero-order valence-electron chi connectivity index (χ0n) is 12.6. The molecule has 0 fully saturated rings. The third-order valence-electron chi connectivity index (χ3n) is 2.96. The maximum atomic E-state index is 5.77. The number of nitrogens with zero attached hydrogens (tertiary/aromatic N) is 1. The number of hydrogen-bond acceptors (Lipinski definition) is 4. The molecule has 108 valence electrons. The van der Waals surface area contributed by atoms with Crippen LogP contribution >= 0.6 is 0 Å². The summed E-state index contributed by atoms with van der Waals surface area (Å²) in [5.74, 6) is 1.64. The molecule has 0 amide bonds. The topological polar surface area (TPSA) is 47.3 Å². The Morgan fingerprint density at radius 1 is 1.30 bits per heavy atom. The summed E-state index contributed by atoms with van der Waals surface area (Å²) in [5, 5.41) is 3.45. The second-order valence-corrected chi connectivity index (χ2v) is 5.85. The minimum Gasteiger partial charge on any atom is -0.484 e. The standard InChI is InChI=1S/C16H22N2O2/c1-12-14(6-5-8-17-12)20-11-15-13(7-9-19-15)10-18-16(2,3)4/h5-9,18H,10-11H2,1-4H3. The molecular formula is C16H22N2O2. The molecule has 0 aliphatic carbocycles. The molecule has 2 rings (SSSR count). The van der Waals surface area contributed by atoms with Crippen LogP contribution < -0.4 is 10.1 Å². The van der Waals surface area contributed by atoms with Crippen molar-refractivity contribution in [1.82, 2.24) is 10.3 Å². The minimum absolute atomic E-state index is 0.0787. The van der Waals surface area contributed by atoms with E-state index in [9.17, 15) is 0 Å². The molecule has 20 heavy (non-hydrogen) atoms. The Morgan fingerprint density at radius 3 is 2.80 bits per heavy atom. The molecule has 0 atom stereocenters. The molecule has 2 heterocycles. The summed E-state index contributed by atoms with van der Waals surface area (Å²) in [6, 6.07) is 5.76. The van der Waals surface area contributed by atoms with Gasteiger partial charge in [0.05, 0.1) is 12.0 Å². The first-order valence-corrected chi connectivity index (χ1v) is 6.80. The van der Waals surface area contributed by atoms with Crippen LogP contribution in [0.2, 0.25) is 0 Å². The van der Waals surface area contributed by atoms with Crippen LogP contribution in [-0.2, 0) is 13.2 Å². The molecule has 0 spiro atoms. The number of aryl methyl sites for hydroxylation is 1. The lowest BCUT2D eigenvalue weighted by Gasteiger charge is -2.20. The number of rotatable bonds is 5. The van der Waals surface area contributed by atoms with Crippen LogP contribution in [0.25, 0.3) is 0 Å². The SMILES string of the molecule is Cc1ncccc1OCc1occc1CNC(C)(C)C. The lowest BCUT2D eigenvalue weighted by atomic mass is 10.1. The van der Waals surface area contributed by atoms with Crippen molar-refractivity contribution in [2.75, 3.05) is 0 Å². The molecular weight excluding hydrogens is 252 g/mol. The Labute approximate surface area is 120 Å². The van der Waals surface area contributed by atoms with E-state index >= 15 is 0 Å². The predicted molar refractivity (Wildman–Crippen MR) is 78.6 cm³/mol. The number of pyridine rings is 1. The zero-order chi connectivity index (χ0) is 14.6. The van der Waals surface area contributed by atoms with E-state index in [4.69, 9.17) is 9.15 Å². The van der Waals surface area contributed by atoms with Crippen LogP contribution in [0, 0.1) is 6.92 Å². The molecule has 0 bridgehead atoms. The fourth-order valence-corrected chi connectivity index (χ4v) is 1.78. The largest absolute Gasteiger partial charge is 0.484 e. The quantitative estimate of drug-likeness (QED) is 0.907. The van der Waals surface area contributed by atoms with Crippen molar-refractivity contribution in [3.8, 4) is 5.75 Å². The highest BCUT2D eigenvalue weighted by atomic mass is 16.5. The van der Waals surface area contributed by atoms with Gasteiger partial charge in [-0.25, -0.2) is 0 Å². The monoisotopic (exact) mass is 274 g/mol. The first-order chi connectivity index (χ1) is 9.46. The molecule has 1 N–H and O–H groups in total. The highest BCUT2D eigenvalue weighted by Crippen LogP contribution is 2.18. The van der Waals surface area contributed by atoms with Gasteiger partial charge in [-0.2, -0.15) is 0 Å². The van der Waals surface area contributed by atoms with Gasteiger partial charge in [0.2, 0.25) is 0 Å². The lowest BCUT2D eigenvalue weighted by Crippen LogP contribution is -2.35. The van der Waals surface area contributed by atoms with Crippen molar-refractivity contribution in [2.24, 2.45) is 0 Å². The normalized spacial score (nSPS) is 11.6. The van der Waals surface area contributed by atoms with Gasteiger partial charge in [-0.1, -0.05) is 0 Å². The van der Waals surface area contributed by atoms with Crippen molar-refractivity contribution in [2.45, 2.75) is 46.4 Å². The molecule has 0 saturated heterocycles. The van der Waals surface area contributed by atoms with E-state index in [1.54, 1.807) is 12.5 Å². The number of furan rings is 1. The van der Waals surface area contributed by atoms with E-state index in [2.05, 4.69) is 31.1 Å². The van der Waals surface area contributed by atoms with E-state index < -0.39 is 0 Å². The fourth-order valence-electron chi connectivity index (χ4n) is 1.78. The van der Waals surface area contributed by atoms with Gasteiger partial charge in [0, 0.05) is 23.8 Å². The van der Waals surface area contributed by atoms with Crippen molar-refractivity contribution < 1.29 is 9.15 Å². The van der Waals surface area contributed by atoms with E-state index in [-0.39, 0.29) is 5.54 Å². The van der Waals surface area contributed by atoms with Gasteiger partial charge in [-0.3, -0.25) is 4.98 Å². The smallest absolute Gasteiger partial charge is 0.146 e. The van der Waals surface area contributed by atoms with Gasteiger partial charge in [-0.05, 0) is 45.9 Å². The first kappa shape index (κ1) is 14.6. The number of nitrogens with one attached hydrogen (secondary N) is 1. The molecule has 2 aromatic rings. The Hall–Kier alpha value is -1.81. The molecule has 2 aromatic heterocycles. The van der Waals surface area contributed by atoms with Crippen molar-refractivity contribution >= 4 is 0 Å². The van der Waals surface area contributed by atoms with Crippen LogP contribution in [0.4, 0.5) is 0 Å². The molecule has 0 saturated carbocycles. The third-order valence-corrected chi connectivity index (χ3v) is 2.96. The lowest BCUT2D eigenvalue weighted by molar-refractivity contribution is 0.264. The maximum absolute atomic E-state index is 5.77. The molecule has 4 heteroatoms. The van der Waals surface area contributed by atoms with Crippen LogP contribution in [0.1, 0.15) is 37.8 Å². The van der Waals surface area contributed by atoms with Gasteiger partial charge in [0.25, 0.3) is 0 Å². The summed E-state index contributed by atoms with van der Waals surface area (Å²) in [7, 11) is 0. The van der Waals surface area contributed by atoms with Gasteiger partial charge in [-0.15, -0.1) is 0 Å². The Balaban J connectivity index is 1.97. The van der Waals surface area contributed by atoms with Gasteiger partial charge in [0.1, 0.15) is 18.1 Å². The number of hydrogen-bond donors (Lipinski definition) is 1. The highest BCUT2D eigenvalue weighted by Gasteiger charge is 2.13. The number of aromatic nitrogens is 1. The van der Waals surface area contributed by atoms with Crippen LogP contribution in [0.3, 0.4) is 0 Å². The average molecular weight is 274 g/mol. The second-order valence-electron chi connectivity index (χ2n) is 5.85. The second kappa shape index (κ2) is 6.09. The fraction of sp³-hybridized carbons (Fsp3) is 0.438. The summed E-state index contributed by atoms with van der Waals surface area (Å²) >= 11 is 0. The number of ether oxygens (including phenoxy) is 1. The predicted octanol–water partition coefficient (Wildman–Crippen LogP) is 3.45. The maximum Gasteiger partial charge on any atom is 0.146 e. The summed E-state index contributed by atoms with van der Waals surface area (Å²) < 4.78 is 11.3. The molecule has 4 nitrogen and oxygen atoms in total. The average Bonchev–Trinajstić information content (AvgIpc) is 2.82. The van der Waals surface area contributed by atoms with E-state index in [1.807, 2.05) is 25.1 Å². The third kappa shape index (κ3) is 4.10. The summed E-state index contributed by atoms with van der Waals surface area (Å²) in [6.45, 7) is 9.54. The first-order valence-electron chi connectivity index (χ1n) is 6.80. The van der Waals surface area contributed by atoms with E-state index in [0.29, 0.717) is 6.61 Å². The van der Waals surface area contributed by atoms with Crippen LogP contribution in [0.15, 0.2) is 35.1 Å². The molecule has 0 radical (unpaired) electrons. The van der Waals surface area contributed by atoms with Gasteiger partial charge < -0.3 is 14.5 Å². The van der Waals surface area contributed by atoms with Crippen molar-refractivity contribution in [3.63, 3.8) is 0 Å². The zero-order valence-corrected chi connectivity index (χ0v) is 12.6. The Kier molecular flexibility index (Phi) is 4.45. The summed E-state index contributed by atoms with van der Waals surface area (Å²) in [6.07, 6.45) is 3.46. The van der Waals surface area contributed by atoms with Crippen molar-refractivity contribution in [1.29, 1.82) is 0 Å². The van der Waals surface area contributed by atoms with Crippen LogP contribution in [0.5, 0.6) is 5.75 Å². The van der Waals surface area contributed by atoms with E-state index in [0.717, 1.165) is 29.3 Å². The van der Waals surface area contributed by atoms with Gasteiger partial charge in [0.15, 0.2) is 0 Å². The Bertz CT molecular complexity index is 556. The van der Waals surface area contributed by atoms with E-state index in [1.165, 1.54) is 0 Å². The minimum atomic E-state index is 0.0787. The molecule has 0 aliphatic heterocycles. The summed E-state index contributed by atoms with van der Waals surface area (Å²) in [4.78, 5) is 4.20. The Morgan fingerprint density at radius 2 is 2.10 bits per heavy atom. The highest BCUT2D eigenvalue weighted by molar-refractivity contribution is 5.26. The molecule has 0 aliphatic rings. The van der Waals surface area contributed by atoms with Crippen molar-refractivity contribution in [3.05, 3.63) is 47.7 Å². The summed E-state index contributed by atoms with van der Waals surface area (Å²) in [5.41, 5.74) is 2.09. The molecule has 0 aromatic carbocycles. The molecule has 0 unspecified atom stereocenters. The van der Waals surface area contributed by atoms with Gasteiger partial charge >= 0.3 is 0 Å².